The lowest BCUT2D eigenvalue weighted by atomic mass is 9.89. The molecule has 0 saturated carbocycles. The summed E-state index contributed by atoms with van der Waals surface area (Å²) in [6, 6.07) is -0.315. The highest BCUT2D eigenvalue weighted by atomic mass is 16.6. The number of hydrogen-bond donors (Lipinski definition) is 0. The zero-order valence-electron chi connectivity index (χ0n) is 7.82. The van der Waals surface area contributed by atoms with Gasteiger partial charge in [0.15, 0.2) is 0 Å². The SMILES string of the molecule is [B]C1OC(COC)C(C)C1OC. The Bertz CT molecular complexity index is 142. The monoisotopic (exact) mass is 170 g/mol. The Balaban J connectivity index is 2.49. The first-order valence-corrected chi connectivity index (χ1v) is 4.13. The maximum absolute atomic E-state index is 5.70. The van der Waals surface area contributed by atoms with Crippen molar-refractivity contribution < 1.29 is 14.2 Å². The summed E-state index contributed by atoms with van der Waals surface area (Å²) in [5, 5.41) is 0. The second-order valence-electron chi connectivity index (χ2n) is 3.15. The van der Waals surface area contributed by atoms with Gasteiger partial charge in [0.25, 0.3) is 0 Å². The molecular formula is C8H15BO3. The van der Waals surface area contributed by atoms with E-state index < -0.39 is 0 Å². The summed E-state index contributed by atoms with van der Waals surface area (Å²) < 4.78 is 15.7. The first-order valence-electron chi connectivity index (χ1n) is 4.13. The van der Waals surface area contributed by atoms with Crippen molar-refractivity contribution in [2.24, 2.45) is 5.92 Å². The summed E-state index contributed by atoms with van der Waals surface area (Å²) in [5.74, 6) is 0.296. The quantitative estimate of drug-likeness (QED) is 0.565. The molecule has 68 valence electrons. The van der Waals surface area contributed by atoms with Crippen LogP contribution >= 0.6 is 0 Å². The summed E-state index contributed by atoms with van der Waals surface area (Å²) >= 11 is 0. The molecule has 2 radical (unpaired) electrons. The van der Waals surface area contributed by atoms with Gasteiger partial charge in [-0.1, -0.05) is 6.92 Å². The molecular weight excluding hydrogens is 155 g/mol. The van der Waals surface area contributed by atoms with Crippen LogP contribution in [-0.4, -0.2) is 46.9 Å². The number of hydrogen-bond acceptors (Lipinski definition) is 3. The third-order valence-corrected chi connectivity index (χ3v) is 2.36. The van der Waals surface area contributed by atoms with Crippen LogP contribution < -0.4 is 0 Å². The van der Waals surface area contributed by atoms with E-state index in [0.717, 1.165) is 0 Å². The third-order valence-electron chi connectivity index (χ3n) is 2.36. The van der Waals surface area contributed by atoms with Crippen LogP contribution in [-0.2, 0) is 14.2 Å². The van der Waals surface area contributed by atoms with Gasteiger partial charge >= 0.3 is 0 Å². The topological polar surface area (TPSA) is 27.7 Å². The summed E-state index contributed by atoms with van der Waals surface area (Å²) in [7, 11) is 9.00. The molecule has 3 nitrogen and oxygen atoms in total. The fourth-order valence-corrected chi connectivity index (χ4v) is 1.62. The van der Waals surface area contributed by atoms with Gasteiger partial charge in [0.2, 0.25) is 0 Å². The van der Waals surface area contributed by atoms with Gasteiger partial charge in [-0.2, -0.15) is 0 Å². The third kappa shape index (κ3) is 1.81. The number of methoxy groups -OCH3 is 2. The Labute approximate surface area is 74.8 Å². The van der Waals surface area contributed by atoms with Crippen molar-refractivity contribution in [1.82, 2.24) is 0 Å². The molecule has 1 saturated heterocycles. The number of rotatable bonds is 3. The van der Waals surface area contributed by atoms with Crippen LogP contribution in [0.4, 0.5) is 0 Å². The largest absolute Gasteiger partial charge is 0.382 e. The molecule has 0 aromatic rings. The highest BCUT2D eigenvalue weighted by Gasteiger charge is 2.38. The average molecular weight is 170 g/mol. The molecule has 0 aromatic heterocycles. The smallest absolute Gasteiger partial charge is 0.112 e. The highest BCUT2D eigenvalue weighted by Crippen LogP contribution is 2.27. The number of ether oxygens (including phenoxy) is 3. The van der Waals surface area contributed by atoms with Gasteiger partial charge in [-0.15, -0.1) is 0 Å². The molecule has 0 N–H and O–H groups in total. The fraction of sp³-hybridized carbons (Fsp3) is 1.00. The minimum atomic E-state index is -0.315. The van der Waals surface area contributed by atoms with Crippen molar-refractivity contribution >= 4 is 7.85 Å². The molecule has 0 amide bonds. The lowest BCUT2D eigenvalue weighted by molar-refractivity contribution is 0.00776. The minimum Gasteiger partial charge on any atom is -0.382 e. The Morgan fingerprint density at radius 3 is 2.50 bits per heavy atom. The molecule has 4 atom stereocenters. The van der Waals surface area contributed by atoms with Crippen LogP contribution in [0, 0.1) is 5.92 Å². The Hall–Kier alpha value is -0.0551. The first-order chi connectivity index (χ1) is 5.70. The summed E-state index contributed by atoms with van der Waals surface area (Å²) in [5.41, 5.74) is 0. The van der Waals surface area contributed by atoms with E-state index in [2.05, 4.69) is 6.92 Å². The van der Waals surface area contributed by atoms with E-state index in [9.17, 15) is 0 Å². The summed E-state index contributed by atoms with van der Waals surface area (Å²) in [4.78, 5) is 0. The molecule has 4 unspecified atom stereocenters. The Morgan fingerprint density at radius 1 is 1.42 bits per heavy atom. The molecule has 1 aliphatic rings. The van der Waals surface area contributed by atoms with Crippen molar-refractivity contribution in [1.29, 1.82) is 0 Å². The molecule has 1 heterocycles. The normalized spacial score (nSPS) is 41.9. The predicted molar refractivity (Wildman–Crippen MR) is 46.3 cm³/mol. The van der Waals surface area contributed by atoms with E-state index in [1.165, 1.54) is 0 Å². The predicted octanol–water partition coefficient (Wildman–Crippen LogP) is 0.177. The van der Waals surface area contributed by atoms with Crippen molar-refractivity contribution in [2.45, 2.75) is 25.1 Å². The lowest BCUT2D eigenvalue weighted by Gasteiger charge is -2.17. The van der Waals surface area contributed by atoms with Crippen LogP contribution in [0.15, 0.2) is 0 Å². The second kappa shape index (κ2) is 4.26. The van der Waals surface area contributed by atoms with Crippen LogP contribution in [0.5, 0.6) is 0 Å². The highest BCUT2D eigenvalue weighted by molar-refractivity contribution is 6.11. The molecule has 0 spiro atoms. The van der Waals surface area contributed by atoms with Gasteiger partial charge in [0, 0.05) is 26.1 Å². The molecule has 0 bridgehead atoms. The molecule has 1 rings (SSSR count). The minimum absolute atomic E-state index is 0.00912. The van der Waals surface area contributed by atoms with Gasteiger partial charge in [-0.3, -0.25) is 0 Å². The van der Waals surface area contributed by atoms with Gasteiger partial charge in [0.1, 0.15) is 7.85 Å². The molecule has 0 aliphatic carbocycles. The van der Waals surface area contributed by atoms with E-state index >= 15 is 0 Å². The molecule has 4 heteroatoms. The fourth-order valence-electron chi connectivity index (χ4n) is 1.62. The van der Waals surface area contributed by atoms with Crippen LogP contribution in [0.3, 0.4) is 0 Å². The molecule has 12 heavy (non-hydrogen) atoms. The summed E-state index contributed by atoms with van der Waals surface area (Å²) in [6.45, 7) is 2.64. The van der Waals surface area contributed by atoms with Crippen molar-refractivity contribution in [2.75, 3.05) is 20.8 Å². The van der Waals surface area contributed by atoms with E-state index in [4.69, 9.17) is 22.1 Å². The molecule has 1 aliphatic heterocycles. The first kappa shape index (κ1) is 10.0. The second-order valence-corrected chi connectivity index (χ2v) is 3.15. The van der Waals surface area contributed by atoms with Gasteiger partial charge in [-0.05, 0) is 0 Å². The van der Waals surface area contributed by atoms with Crippen molar-refractivity contribution in [3.8, 4) is 0 Å². The van der Waals surface area contributed by atoms with Gasteiger partial charge < -0.3 is 14.2 Å². The van der Waals surface area contributed by atoms with Crippen molar-refractivity contribution in [3.05, 3.63) is 0 Å². The average Bonchev–Trinajstić information content (AvgIpc) is 2.29. The molecule has 1 fully saturated rings. The van der Waals surface area contributed by atoms with E-state index in [0.29, 0.717) is 12.5 Å². The summed E-state index contributed by atoms with van der Waals surface area (Å²) in [6.07, 6.45) is 0.0556. The van der Waals surface area contributed by atoms with Gasteiger partial charge in [0.05, 0.1) is 18.8 Å². The van der Waals surface area contributed by atoms with E-state index in [1.807, 2.05) is 0 Å². The van der Waals surface area contributed by atoms with Crippen LogP contribution in [0.25, 0.3) is 0 Å². The zero-order chi connectivity index (χ0) is 9.14. The Kier molecular flexibility index (Phi) is 3.56. The standard InChI is InChI=1S/C8H15BO3/c1-5-6(4-10-2)12-8(9)7(5)11-3/h5-8H,4H2,1-3H3. The lowest BCUT2D eigenvalue weighted by Crippen LogP contribution is -2.28. The van der Waals surface area contributed by atoms with E-state index in [1.54, 1.807) is 14.2 Å². The maximum Gasteiger partial charge on any atom is 0.112 e. The molecule has 0 aromatic carbocycles. The Morgan fingerprint density at radius 2 is 2.08 bits per heavy atom. The van der Waals surface area contributed by atoms with Crippen LogP contribution in [0.2, 0.25) is 0 Å². The van der Waals surface area contributed by atoms with Gasteiger partial charge in [-0.25, -0.2) is 0 Å². The van der Waals surface area contributed by atoms with Crippen molar-refractivity contribution in [3.63, 3.8) is 0 Å². The van der Waals surface area contributed by atoms with E-state index in [-0.39, 0.29) is 18.2 Å². The van der Waals surface area contributed by atoms with Crippen LogP contribution in [0.1, 0.15) is 6.92 Å². The maximum atomic E-state index is 5.70. The zero-order valence-corrected chi connectivity index (χ0v) is 7.82.